The number of nitrogens with one attached hydrogen (secondary N) is 1. The van der Waals surface area contributed by atoms with E-state index in [4.69, 9.17) is 5.73 Å². The molecule has 0 radical (unpaired) electrons. The average molecular weight is 462 g/mol. The Morgan fingerprint density at radius 1 is 1.40 bits per heavy atom. The molecular formula is C20H23N5O2S3. The monoisotopic (exact) mass is 461 g/mol. The first-order valence-electron chi connectivity index (χ1n) is 9.77. The summed E-state index contributed by atoms with van der Waals surface area (Å²) in [5, 5.41) is 14.3. The second kappa shape index (κ2) is 8.91. The first-order valence-corrected chi connectivity index (χ1v) is 12.5. The first kappa shape index (κ1) is 21.1. The SMILES string of the molecule is CC[C@H]1CCc2sc(-c3nnc(SCC(=O)Nc4sccc4C(N)=O)n3C)cc2C1. The number of carbonyl (C=O) groups is 2. The van der Waals surface area contributed by atoms with Crippen molar-refractivity contribution in [3.05, 3.63) is 33.5 Å². The average Bonchev–Trinajstić information content (AvgIpc) is 3.43. The molecule has 1 atom stereocenters. The minimum Gasteiger partial charge on any atom is -0.366 e. The van der Waals surface area contributed by atoms with E-state index in [-0.39, 0.29) is 11.7 Å². The van der Waals surface area contributed by atoms with Gasteiger partial charge in [0.05, 0.1) is 16.2 Å². The van der Waals surface area contributed by atoms with Gasteiger partial charge in [0.15, 0.2) is 11.0 Å². The van der Waals surface area contributed by atoms with Crippen molar-refractivity contribution in [2.45, 2.75) is 37.8 Å². The number of aromatic nitrogens is 3. The minimum atomic E-state index is -0.555. The lowest BCUT2D eigenvalue weighted by atomic mass is 9.87. The number of rotatable bonds is 7. The zero-order chi connectivity index (χ0) is 21.3. The molecule has 0 saturated carbocycles. The summed E-state index contributed by atoms with van der Waals surface area (Å²) in [4.78, 5) is 26.3. The lowest BCUT2D eigenvalue weighted by molar-refractivity contribution is -0.113. The van der Waals surface area contributed by atoms with Crippen molar-refractivity contribution in [3.8, 4) is 10.7 Å². The topological polar surface area (TPSA) is 103 Å². The maximum absolute atomic E-state index is 12.3. The van der Waals surface area contributed by atoms with Crippen molar-refractivity contribution >= 4 is 51.3 Å². The first-order chi connectivity index (χ1) is 14.5. The number of nitrogens with two attached hydrogens (primary N) is 1. The predicted molar refractivity (Wildman–Crippen MR) is 122 cm³/mol. The van der Waals surface area contributed by atoms with Crippen molar-refractivity contribution in [2.24, 2.45) is 18.7 Å². The molecule has 30 heavy (non-hydrogen) atoms. The molecule has 0 spiro atoms. The number of amides is 2. The molecular weight excluding hydrogens is 438 g/mol. The summed E-state index contributed by atoms with van der Waals surface area (Å²) in [6.07, 6.45) is 4.79. The number of carbonyl (C=O) groups excluding carboxylic acids is 2. The zero-order valence-corrected chi connectivity index (χ0v) is 19.3. The number of thiophene rings is 2. The van der Waals surface area contributed by atoms with Gasteiger partial charge in [-0.3, -0.25) is 9.59 Å². The Balaban J connectivity index is 1.41. The van der Waals surface area contributed by atoms with Gasteiger partial charge in [-0.05, 0) is 48.3 Å². The standard InChI is InChI=1S/C20H23N5O2S3/c1-3-11-4-5-14-12(8-11)9-15(30-14)18-23-24-20(25(18)2)29-10-16(26)22-19-13(17(21)27)6-7-28-19/h6-7,9,11H,3-5,8,10H2,1-2H3,(H2,21,27)(H,22,26)/t11-/m0/s1. The largest absolute Gasteiger partial charge is 0.366 e. The summed E-state index contributed by atoms with van der Waals surface area (Å²) in [5.74, 6) is 1.01. The smallest absolute Gasteiger partial charge is 0.251 e. The molecule has 2 amide bonds. The van der Waals surface area contributed by atoms with Crippen LogP contribution in [0, 0.1) is 5.92 Å². The molecule has 0 fully saturated rings. The maximum atomic E-state index is 12.3. The Bertz CT molecular complexity index is 1080. The van der Waals surface area contributed by atoms with Crippen LogP contribution in [0.5, 0.6) is 0 Å². The van der Waals surface area contributed by atoms with Gasteiger partial charge in [0.25, 0.3) is 5.91 Å². The Hall–Kier alpha value is -2.17. The number of nitrogens with zero attached hydrogens (tertiary/aromatic N) is 3. The third kappa shape index (κ3) is 4.30. The van der Waals surface area contributed by atoms with Gasteiger partial charge in [-0.25, -0.2) is 0 Å². The van der Waals surface area contributed by atoms with Crippen molar-refractivity contribution < 1.29 is 9.59 Å². The number of thioether (sulfide) groups is 1. The van der Waals surface area contributed by atoms with Crippen LogP contribution in [-0.2, 0) is 24.7 Å². The molecule has 7 nitrogen and oxygen atoms in total. The van der Waals surface area contributed by atoms with Gasteiger partial charge in [-0.1, -0.05) is 25.1 Å². The van der Waals surface area contributed by atoms with E-state index in [0.717, 1.165) is 29.5 Å². The van der Waals surface area contributed by atoms with E-state index >= 15 is 0 Å². The van der Waals surface area contributed by atoms with Gasteiger partial charge >= 0.3 is 0 Å². The van der Waals surface area contributed by atoms with Gasteiger partial charge < -0.3 is 15.6 Å². The molecule has 158 valence electrons. The second-order valence-electron chi connectivity index (χ2n) is 7.31. The van der Waals surface area contributed by atoms with E-state index in [1.165, 1.54) is 46.4 Å². The summed E-state index contributed by atoms with van der Waals surface area (Å²) in [7, 11) is 1.92. The molecule has 0 aromatic carbocycles. The van der Waals surface area contributed by atoms with E-state index in [0.29, 0.717) is 15.7 Å². The number of hydrogen-bond donors (Lipinski definition) is 2. The van der Waals surface area contributed by atoms with E-state index in [2.05, 4.69) is 28.5 Å². The highest BCUT2D eigenvalue weighted by Crippen LogP contribution is 2.38. The predicted octanol–water partition coefficient (Wildman–Crippen LogP) is 3.95. The molecule has 0 saturated heterocycles. The normalized spacial score (nSPS) is 15.7. The van der Waals surface area contributed by atoms with E-state index < -0.39 is 5.91 Å². The van der Waals surface area contributed by atoms with Crippen LogP contribution in [0.25, 0.3) is 10.7 Å². The van der Waals surface area contributed by atoms with Crippen molar-refractivity contribution in [1.29, 1.82) is 0 Å². The molecule has 3 N–H and O–H groups in total. The fourth-order valence-corrected chi connectivity index (χ4v) is 6.35. The summed E-state index contributed by atoms with van der Waals surface area (Å²) in [6.45, 7) is 2.26. The fraction of sp³-hybridized carbons (Fsp3) is 0.400. The molecule has 0 aliphatic heterocycles. The molecule has 0 unspecified atom stereocenters. The molecule has 3 aromatic heterocycles. The minimum absolute atomic E-state index is 0.168. The number of primary amides is 1. The van der Waals surface area contributed by atoms with Crippen molar-refractivity contribution in [3.63, 3.8) is 0 Å². The maximum Gasteiger partial charge on any atom is 0.251 e. The van der Waals surface area contributed by atoms with E-state index in [9.17, 15) is 9.59 Å². The lowest BCUT2D eigenvalue weighted by Crippen LogP contribution is -2.18. The Morgan fingerprint density at radius 2 is 2.23 bits per heavy atom. The number of anilines is 1. The fourth-order valence-electron chi connectivity index (χ4n) is 3.61. The molecule has 4 rings (SSSR count). The van der Waals surface area contributed by atoms with Crippen LogP contribution < -0.4 is 11.1 Å². The lowest BCUT2D eigenvalue weighted by Gasteiger charge is -2.19. The summed E-state index contributed by atoms with van der Waals surface area (Å²) < 4.78 is 1.94. The highest BCUT2D eigenvalue weighted by Gasteiger charge is 2.23. The molecule has 1 aliphatic rings. The molecule has 10 heteroatoms. The van der Waals surface area contributed by atoms with Crippen LogP contribution in [0.3, 0.4) is 0 Å². The van der Waals surface area contributed by atoms with Crippen molar-refractivity contribution in [1.82, 2.24) is 14.8 Å². The third-order valence-electron chi connectivity index (χ3n) is 5.33. The van der Waals surface area contributed by atoms with Gasteiger partial charge in [-0.15, -0.1) is 32.9 Å². The molecule has 1 aliphatic carbocycles. The van der Waals surface area contributed by atoms with Crippen molar-refractivity contribution in [2.75, 3.05) is 11.1 Å². The van der Waals surface area contributed by atoms with Gasteiger partial charge in [0.2, 0.25) is 5.91 Å². The Labute approximate surface area is 187 Å². The van der Waals surface area contributed by atoms with Gasteiger partial charge in [-0.2, -0.15) is 0 Å². The van der Waals surface area contributed by atoms with Crippen LogP contribution in [0.15, 0.2) is 22.7 Å². The highest BCUT2D eigenvalue weighted by atomic mass is 32.2. The van der Waals surface area contributed by atoms with Crippen LogP contribution >= 0.6 is 34.4 Å². The Morgan fingerprint density at radius 3 is 3.00 bits per heavy atom. The highest BCUT2D eigenvalue weighted by molar-refractivity contribution is 7.99. The molecule has 3 aromatic rings. The van der Waals surface area contributed by atoms with Gasteiger partial charge in [0.1, 0.15) is 5.00 Å². The number of fused-ring (bicyclic) bond motifs is 1. The quantitative estimate of drug-likeness (QED) is 0.519. The van der Waals surface area contributed by atoms with E-state index in [1.54, 1.807) is 22.8 Å². The number of hydrogen-bond acceptors (Lipinski definition) is 7. The van der Waals surface area contributed by atoms with E-state index in [1.807, 2.05) is 11.6 Å². The Kier molecular flexibility index (Phi) is 6.26. The summed E-state index contributed by atoms with van der Waals surface area (Å²) in [6, 6.07) is 3.86. The summed E-state index contributed by atoms with van der Waals surface area (Å²) in [5.41, 5.74) is 7.10. The number of aryl methyl sites for hydroxylation is 1. The second-order valence-corrected chi connectivity index (χ2v) is 10.3. The van der Waals surface area contributed by atoms with Gasteiger partial charge in [0, 0.05) is 11.9 Å². The molecule has 0 bridgehead atoms. The van der Waals surface area contributed by atoms with Crippen LogP contribution in [0.1, 0.15) is 40.6 Å². The van der Waals surface area contributed by atoms with Crippen LogP contribution in [0.2, 0.25) is 0 Å². The van der Waals surface area contributed by atoms with Crippen LogP contribution in [0.4, 0.5) is 5.00 Å². The molecule has 3 heterocycles. The summed E-state index contributed by atoms with van der Waals surface area (Å²) >= 11 is 4.39. The third-order valence-corrected chi connectivity index (χ3v) is 8.42. The zero-order valence-electron chi connectivity index (χ0n) is 16.8. The van der Waals surface area contributed by atoms with Crippen LogP contribution in [-0.4, -0.2) is 32.3 Å².